The molecule has 0 heterocycles. The number of methoxy groups -OCH3 is 1. The molecule has 0 radical (unpaired) electrons. The molecule has 1 aliphatic carbocycles. The summed E-state index contributed by atoms with van der Waals surface area (Å²) < 4.78 is 4.76. The Kier molecular flexibility index (Phi) is 5.33. The molecule has 1 unspecified atom stereocenters. The average Bonchev–Trinajstić information content (AvgIpc) is 2.99. The summed E-state index contributed by atoms with van der Waals surface area (Å²) in [4.78, 5) is 11.4. The van der Waals surface area contributed by atoms with Crippen molar-refractivity contribution in [2.45, 2.75) is 38.3 Å². The second-order valence-corrected chi connectivity index (χ2v) is 4.74. The molecule has 82 valence electrons. The van der Waals surface area contributed by atoms with E-state index in [1.807, 2.05) is 11.8 Å². The van der Waals surface area contributed by atoms with E-state index >= 15 is 0 Å². The predicted molar refractivity (Wildman–Crippen MR) is 59.6 cm³/mol. The van der Waals surface area contributed by atoms with Gasteiger partial charge in [0.1, 0.15) is 6.04 Å². The largest absolute Gasteiger partial charge is 0.468 e. The number of ether oxygens (including phenoxy) is 1. The van der Waals surface area contributed by atoms with Gasteiger partial charge in [0, 0.05) is 11.8 Å². The normalized spacial score (nSPS) is 17.9. The maximum atomic E-state index is 11.4. The van der Waals surface area contributed by atoms with E-state index in [1.165, 1.54) is 20.0 Å². The summed E-state index contributed by atoms with van der Waals surface area (Å²) in [5.41, 5.74) is 0. The fourth-order valence-corrected chi connectivity index (χ4v) is 2.13. The van der Waals surface area contributed by atoms with Crippen LogP contribution >= 0.6 is 11.8 Å². The second-order valence-electron chi connectivity index (χ2n) is 3.59. The highest BCUT2D eigenvalue weighted by Crippen LogP contribution is 2.20. The fourth-order valence-electron chi connectivity index (χ4n) is 1.21. The monoisotopic (exact) mass is 217 g/mol. The molecule has 1 fully saturated rings. The van der Waals surface area contributed by atoms with Crippen molar-refractivity contribution in [2.75, 3.05) is 18.6 Å². The van der Waals surface area contributed by atoms with Gasteiger partial charge in [-0.2, -0.15) is 11.8 Å². The maximum absolute atomic E-state index is 11.4. The number of carbonyl (C=O) groups is 1. The van der Waals surface area contributed by atoms with Crippen molar-refractivity contribution in [2.24, 2.45) is 0 Å². The second kappa shape index (κ2) is 6.30. The lowest BCUT2D eigenvalue weighted by Crippen LogP contribution is -2.41. The van der Waals surface area contributed by atoms with Gasteiger partial charge in [-0.05, 0) is 25.0 Å². The van der Waals surface area contributed by atoms with Crippen LogP contribution in [0.15, 0.2) is 0 Å². The third-order valence-electron chi connectivity index (χ3n) is 2.13. The Bertz CT molecular complexity index is 183. The van der Waals surface area contributed by atoms with Gasteiger partial charge >= 0.3 is 5.97 Å². The van der Waals surface area contributed by atoms with Gasteiger partial charge in [-0.1, -0.05) is 6.92 Å². The van der Waals surface area contributed by atoms with Crippen LogP contribution in [-0.2, 0) is 9.53 Å². The van der Waals surface area contributed by atoms with Gasteiger partial charge in [0.05, 0.1) is 7.11 Å². The van der Waals surface area contributed by atoms with Crippen LogP contribution in [0.2, 0.25) is 0 Å². The Balaban J connectivity index is 2.23. The van der Waals surface area contributed by atoms with Crippen molar-refractivity contribution < 1.29 is 9.53 Å². The molecule has 1 saturated carbocycles. The van der Waals surface area contributed by atoms with Crippen molar-refractivity contribution in [3.8, 4) is 0 Å². The van der Waals surface area contributed by atoms with E-state index in [-0.39, 0.29) is 12.0 Å². The van der Waals surface area contributed by atoms with Gasteiger partial charge in [-0.3, -0.25) is 4.79 Å². The van der Waals surface area contributed by atoms with E-state index < -0.39 is 0 Å². The average molecular weight is 217 g/mol. The lowest BCUT2D eigenvalue weighted by molar-refractivity contribution is -0.142. The Morgan fingerprint density at radius 2 is 2.36 bits per heavy atom. The SMILES string of the molecule is CCCSCC(NC1CC1)C(=O)OC. The first-order chi connectivity index (χ1) is 6.77. The zero-order valence-corrected chi connectivity index (χ0v) is 9.73. The van der Waals surface area contributed by atoms with Crippen LogP contribution < -0.4 is 5.32 Å². The van der Waals surface area contributed by atoms with Crippen molar-refractivity contribution in [3.05, 3.63) is 0 Å². The number of rotatable bonds is 7. The third-order valence-corrected chi connectivity index (χ3v) is 3.40. The molecular weight excluding hydrogens is 198 g/mol. The first-order valence-corrected chi connectivity index (χ1v) is 6.35. The first-order valence-electron chi connectivity index (χ1n) is 5.19. The van der Waals surface area contributed by atoms with Gasteiger partial charge in [-0.15, -0.1) is 0 Å². The quantitative estimate of drug-likeness (QED) is 0.517. The molecule has 1 atom stereocenters. The van der Waals surface area contributed by atoms with Crippen LogP contribution in [0.4, 0.5) is 0 Å². The van der Waals surface area contributed by atoms with E-state index in [0.29, 0.717) is 6.04 Å². The summed E-state index contributed by atoms with van der Waals surface area (Å²) in [6.07, 6.45) is 3.56. The van der Waals surface area contributed by atoms with Crippen LogP contribution in [0.5, 0.6) is 0 Å². The standard InChI is InChI=1S/C10H19NO2S/c1-3-6-14-7-9(10(12)13-2)11-8-4-5-8/h8-9,11H,3-7H2,1-2H3. The molecular formula is C10H19NO2S. The number of esters is 1. The Morgan fingerprint density at radius 1 is 1.64 bits per heavy atom. The van der Waals surface area contributed by atoms with Crippen molar-refractivity contribution in [1.82, 2.24) is 5.32 Å². The number of thioether (sulfide) groups is 1. The number of nitrogens with one attached hydrogen (secondary N) is 1. The molecule has 0 bridgehead atoms. The Hall–Kier alpha value is -0.220. The summed E-state index contributed by atoms with van der Waals surface area (Å²) in [6, 6.07) is 0.449. The molecule has 0 spiro atoms. The lowest BCUT2D eigenvalue weighted by Gasteiger charge is -2.15. The fraction of sp³-hybridized carbons (Fsp3) is 0.900. The molecule has 1 N–H and O–H groups in total. The highest BCUT2D eigenvalue weighted by atomic mass is 32.2. The van der Waals surface area contributed by atoms with Gasteiger partial charge in [-0.25, -0.2) is 0 Å². The summed E-state index contributed by atoms with van der Waals surface area (Å²) >= 11 is 1.81. The molecule has 4 heteroatoms. The molecule has 0 aliphatic heterocycles. The highest BCUT2D eigenvalue weighted by molar-refractivity contribution is 7.99. The molecule has 1 aliphatic rings. The van der Waals surface area contributed by atoms with Crippen LogP contribution in [0, 0.1) is 0 Å². The molecule has 14 heavy (non-hydrogen) atoms. The summed E-state index contributed by atoms with van der Waals surface area (Å²) in [6.45, 7) is 2.15. The Labute approximate surface area is 90.0 Å². The van der Waals surface area contributed by atoms with Crippen LogP contribution in [0.3, 0.4) is 0 Å². The van der Waals surface area contributed by atoms with E-state index in [9.17, 15) is 4.79 Å². The molecule has 0 amide bonds. The van der Waals surface area contributed by atoms with Crippen molar-refractivity contribution in [3.63, 3.8) is 0 Å². The maximum Gasteiger partial charge on any atom is 0.323 e. The number of hydrogen-bond donors (Lipinski definition) is 1. The molecule has 0 saturated heterocycles. The van der Waals surface area contributed by atoms with Crippen LogP contribution in [-0.4, -0.2) is 36.7 Å². The molecule has 3 nitrogen and oxygen atoms in total. The summed E-state index contributed by atoms with van der Waals surface area (Å²) in [5.74, 6) is 1.82. The molecule has 0 aromatic rings. The van der Waals surface area contributed by atoms with E-state index in [1.54, 1.807) is 0 Å². The van der Waals surface area contributed by atoms with Gasteiger partial charge in [0.15, 0.2) is 0 Å². The minimum Gasteiger partial charge on any atom is -0.468 e. The smallest absolute Gasteiger partial charge is 0.323 e. The first kappa shape index (κ1) is 11.9. The minimum atomic E-state index is -0.125. The molecule has 1 rings (SSSR count). The van der Waals surface area contributed by atoms with Crippen molar-refractivity contribution in [1.29, 1.82) is 0 Å². The van der Waals surface area contributed by atoms with Crippen molar-refractivity contribution >= 4 is 17.7 Å². The minimum absolute atomic E-state index is 0.107. The summed E-state index contributed by atoms with van der Waals surface area (Å²) in [7, 11) is 1.45. The zero-order chi connectivity index (χ0) is 10.4. The van der Waals surface area contributed by atoms with Gasteiger partial charge in [0.2, 0.25) is 0 Å². The van der Waals surface area contributed by atoms with E-state index in [4.69, 9.17) is 4.74 Å². The Morgan fingerprint density at radius 3 is 2.86 bits per heavy atom. The van der Waals surface area contributed by atoms with Gasteiger partial charge in [0.25, 0.3) is 0 Å². The van der Waals surface area contributed by atoms with Gasteiger partial charge < -0.3 is 10.1 Å². The lowest BCUT2D eigenvalue weighted by atomic mass is 10.3. The van der Waals surface area contributed by atoms with E-state index in [2.05, 4.69) is 12.2 Å². The van der Waals surface area contributed by atoms with Crippen LogP contribution in [0.25, 0.3) is 0 Å². The number of carbonyl (C=O) groups excluding carboxylic acids is 1. The zero-order valence-electron chi connectivity index (χ0n) is 8.91. The topological polar surface area (TPSA) is 38.3 Å². The molecule has 0 aromatic heterocycles. The summed E-state index contributed by atoms with van der Waals surface area (Å²) in [5, 5.41) is 3.31. The van der Waals surface area contributed by atoms with E-state index in [0.717, 1.165) is 17.9 Å². The number of hydrogen-bond acceptors (Lipinski definition) is 4. The molecule has 0 aromatic carbocycles. The van der Waals surface area contributed by atoms with Crippen LogP contribution in [0.1, 0.15) is 26.2 Å². The highest BCUT2D eigenvalue weighted by Gasteiger charge is 2.28. The third kappa shape index (κ3) is 4.33. The predicted octanol–water partition coefficient (Wildman–Crippen LogP) is 1.42.